The largest absolute Gasteiger partial charge is 0.516 e. The highest BCUT2D eigenvalue weighted by Crippen LogP contribution is 2.36. The Balaban J connectivity index is 2.42. The lowest BCUT2D eigenvalue weighted by Gasteiger charge is -2.32. The van der Waals surface area contributed by atoms with E-state index in [1.165, 1.54) is 0 Å². The molecule has 1 aliphatic heterocycles. The van der Waals surface area contributed by atoms with Gasteiger partial charge in [0.05, 0.1) is 19.5 Å². The molecule has 1 aromatic heterocycles. The SMILES string of the molecule is [2H]c1c(B2OC(C)(C)C(C)(C)O2)nn([Si](C)(C)C)c1[2H]. The topological polar surface area (TPSA) is 36.3 Å². The van der Waals surface area contributed by atoms with Gasteiger partial charge in [-0.2, -0.15) is 5.10 Å². The van der Waals surface area contributed by atoms with Crippen LogP contribution in [0.1, 0.15) is 30.4 Å². The molecule has 2 rings (SSSR count). The van der Waals surface area contributed by atoms with E-state index < -0.39 is 26.6 Å². The highest BCUT2D eigenvalue weighted by Gasteiger charge is 2.52. The van der Waals surface area contributed by atoms with Gasteiger partial charge in [-0.3, -0.25) is 0 Å². The first kappa shape index (κ1) is 11.3. The molecule has 1 fully saturated rings. The van der Waals surface area contributed by atoms with Crippen LogP contribution in [-0.4, -0.2) is 36.0 Å². The average Bonchev–Trinajstić information content (AvgIpc) is 2.63. The zero-order chi connectivity index (χ0) is 15.5. The molecule has 0 spiro atoms. The highest BCUT2D eigenvalue weighted by molar-refractivity contribution is 6.74. The number of aromatic nitrogens is 2. The van der Waals surface area contributed by atoms with E-state index in [1.807, 2.05) is 27.7 Å². The van der Waals surface area contributed by atoms with Crippen LogP contribution in [0.4, 0.5) is 0 Å². The minimum Gasteiger partial charge on any atom is -0.398 e. The third-order valence-corrected chi connectivity index (χ3v) is 5.09. The van der Waals surface area contributed by atoms with Crippen molar-refractivity contribution >= 4 is 20.9 Å². The molecule has 2 heterocycles. The number of nitrogens with zero attached hydrogens (tertiary/aromatic N) is 2. The van der Waals surface area contributed by atoms with Gasteiger partial charge in [-0.1, -0.05) is 0 Å². The minimum atomic E-state index is -1.82. The van der Waals surface area contributed by atoms with Crippen molar-refractivity contribution in [2.75, 3.05) is 0 Å². The van der Waals surface area contributed by atoms with Crippen LogP contribution in [0.15, 0.2) is 12.2 Å². The average molecular weight is 268 g/mol. The molecule has 18 heavy (non-hydrogen) atoms. The monoisotopic (exact) mass is 268 g/mol. The normalized spacial score (nSPS) is 24.1. The summed E-state index contributed by atoms with van der Waals surface area (Å²) in [6, 6.07) is 0.103. The Kier molecular flexibility index (Phi) is 2.47. The van der Waals surface area contributed by atoms with Crippen molar-refractivity contribution in [2.45, 2.75) is 58.5 Å². The summed E-state index contributed by atoms with van der Waals surface area (Å²) in [4.78, 5) is 0. The molecule has 0 unspecified atom stereocenters. The van der Waals surface area contributed by atoms with Crippen molar-refractivity contribution in [1.82, 2.24) is 9.45 Å². The van der Waals surface area contributed by atoms with Crippen LogP contribution in [0, 0.1) is 0 Å². The molecule has 0 radical (unpaired) electrons. The van der Waals surface area contributed by atoms with Gasteiger partial charge < -0.3 is 13.7 Å². The second-order valence-electron chi connectivity index (χ2n) is 6.79. The van der Waals surface area contributed by atoms with Gasteiger partial charge in [0, 0.05) is 6.17 Å². The molecular weight excluding hydrogens is 243 g/mol. The summed E-state index contributed by atoms with van der Waals surface area (Å²) in [7, 11) is -2.50. The lowest BCUT2D eigenvalue weighted by atomic mass is 9.85. The fourth-order valence-corrected chi connectivity index (χ4v) is 2.45. The van der Waals surface area contributed by atoms with E-state index in [4.69, 9.17) is 12.1 Å². The molecule has 0 aliphatic carbocycles. The fraction of sp³-hybridized carbons (Fsp3) is 0.750. The molecule has 1 aliphatic rings. The van der Waals surface area contributed by atoms with Crippen LogP contribution < -0.4 is 5.59 Å². The Morgan fingerprint density at radius 2 is 1.72 bits per heavy atom. The van der Waals surface area contributed by atoms with Gasteiger partial charge in [-0.25, -0.2) is 0 Å². The summed E-state index contributed by atoms with van der Waals surface area (Å²) in [5.41, 5.74) is -0.513. The van der Waals surface area contributed by atoms with Crippen molar-refractivity contribution in [3.63, 3.8) is 0 Å². The van der Waals surface area contributed by atoms with Crippen molar-refractivity contribution < 1.29 is 12.1 Å². The summed E-state index contributed by atoms with van der Waals surface area (Å²) in [5, 5.41) is 4.45. The summed E-state index contributed by atoms with van der Waals surface area (Å²) in [6.07, 6.45) is 0.147. The van der Waals surface area contributed by atoms with E-state index in [0.29, 0.717) is 5.59 Å². The molecular formula is C12H23BN2O2Si. The van der Waals surface area contributed by atoms with Crippen molar-refractivity contribution in [1.29, 1.82) is 0 Å². The summed E-state index contributed by atoms with van der Waals surface area (Å²) in [6.45, 7) is 14.1. The van der Waals surface area contributed by atoms with Gasteiger partial charge in [0.25, 0.3) is 0 Å². The van der Waals surface area contributed by atoms with E-state index in [9.17, 15) is 0 Å². The molecule has 0 atom stereocenters. The molecule has 0 saturated carbocycles. The van der Waals surface area contributed by atoms with E-state index in [2.05, 4.69) is 24.7 Å². The predicted octanol–water partition coefficient (Wildman–Crippen LogP) is 1.87. The van der Waals surface area contributed by atoms with Crippen LogP contribution in [0.3, 0.4) is 0 Å². The quantitative estimate of drug-likeness (QED) is 0.768. The zero-order valence-electron chi connectivity index (χ0n) is 14.3. The van der Waals surface area contributed by atoms with E-state index in [1.54, 1.807) is 4.35 Å². The maximum atomic E-state index is 8.11. The van der Waals surface area contributed by atoms with Gasteiger partial charge in [0.1, 0.15) is 0 Å². The lowest BCUT2D eigenvalue weighted by Crippen LogP contribution is -2.41. The van der Waals surface area contributed by atoms with Crippen LogP contribution >= 0.6 is 0 Å². The number of hydrogen-bond acceptors (Lipinski definition) is 3. The van der Waals surface area contributed by atoms with Gasteiger partial charge in [-0.05, 0) is 53.4 Å². The maximum Gasteiger partial charge on any atom is 0.516 e. The molecule has 1 saturated heterocycles. The second kappa shape index (κ2) is 3.95. The Morgan fingerprint density at radius 1 is 1.22 bits per heavy atom. The molecule has 0 N–H and O–H groups in total. The zero-order valence-corrected chi connectivity index (χ0v) is 13.3. The molecule has 0 aromatic carbocycles. The molecule has 1 aromatic rings. The third kappa shape index (κ3) is 2.29. The predicted molar refractivity (Wildman–Crippen MR) is 76.7 cm³/mol. The first-order valence-electron chi connectivity index (χ1n) is 7.29. The van der Waals surface area contributed by atoms with Crippen molar-refractivity contribution in [3.05, 3.63) is 12.2 Å². The third-order valence-electron chi connectivity index (χ3n) is 3.61. The fourth-order valence-electron chi connectivity index (χ4n) is 1.65. The van der Waals surface area contributed by atoms with E-state index >= 15 is 0 Å². The Labute approximate surface area is 114 Å². The smallest absolute Gasteiger partial charge is 0.398 e. The van der Waals surface area contributed by atoms with Gasteiger partial charge in [0.15, 0.2) is 8.24 Å². The van der Waals surface area contributed by atoms with Crippen LogP contribution in [0.2, 0.25) is 19.6 Å². The minimum absolute atomic E-state index is 0.103. The molecule has 0 bridgehead atoms. The van der Waals surface area contributed by atoms with Crippen LogP contribution in [0.25, 0.3) is 0 Å². The number of hydrogen-bond donors (Lipinski definition) is 0. The molecule has 0 amide bonds. The molecule has 6 heteroatoms. The first-order chi connectivity index (χ1) is 8.87. The lowest BCUT2D eigenvalue weighted by molar-refractivity contribution is 0.00578. The summed E-state index contributed by atoms with van der Waals surface area (Å²) in [5.74, 6) is 0. The Morgan fingerprint density at radius 3 is 2.11 bits per heavy atom. The molecule has 100 valence electrons. The van der Waals surface area contributed by atoms with Crippen molar-refractivity contribution in [2.24, 2.45) is 0 Å². The Hall–Kier alpha value is -0.588. The summed E-state index contributed by atoms with van der Waals surface area (Å²) < 4.78 is 29.7. The highest BCUT2D eigenvalue weighted by atomic mass is 28.3. The van der Waals surface area contributed by atoms with Crippen molar-refractivity contribution in [3.8, 4) is 0 Å². The van der Waals surface area contributed by atoms with Gasteiger partial charge >= 0.3 is 7.12 Å². The van der Waals surface area contributed by atoms with Crippen LogP contribution in [0.5, 0.6) is 0 Å². The van der Waals surface area contributed by atoms with Gasteiger partial charge in [-0.15, -0.1) is 0 Å². The van der Waals surface area contributed by atoms with E-state index in [0.717, 1.165) is 0 Å². The first-order valence-corrected chi connectivity index (χ1v) is 9.74. The second-order valence-corrected chi connectivity index (χ2v) is 11.6. The standard InChI is InChI=1S/C12H23BN2O2Si/c1-11(2)12(3,4)17-13(16-11)10-8-9-15(14-10)18(5,6)7/h8-9H,1-7H3/i8D,9D. The van der Waals surface area contributed by atoms with Crippen LogP contribution in [-0.2, 0) is 9.31 Å². The molecule has 4 nitrogen and oxygen atoms in total. The summed E-state index contributed by atoms with van der Waals surface area (Å²) >= 11 is 0. The van der Waals surface area contributed by atoms with Gasteiger partial charge in [0.2, 0.25) is 0 Å². The maximum absolute atomic E-state index is 8.11. The number of rotatable bonds is 2. The Bertz CT molecular complexity index is 524. The van der Waals surface area contributed by atoms with E-state index in [-0.39, 0.29) is 12.2 Å².